The number of benzene rings is 2. The van der Waals surface area contributed by atoms with Gasteiger partial charge < -0.3 is 24.8 Å². The van der Waals surface area contributed by atoms with E-state index >= 15 is 0 Å². The third-order valence-electron chi connectivity index (χ3n) is 3.88. The highest BCUT2D eigenvalue weighted by molar-refractivity contribution is 14.0. The van der Waals surface area contributed by atoms with Crippen LogP contribution >= 0.6 is 24.0 Å². The Kier molecular flexibility index (Phi) is 8.23. The molecular weight excluding hydrogens is 502 g/mol. The van der Waals surface area contributed by atoms with Crippen molar-refractivity contribution < 1.29 is 27.4 Å². The van der Waals surface area contributed by atoms with Crippen LogP contribution in [0.4, 0.5) is 13.2 Å². The van der Waals surface area contributed by atoms with Gasteiger partial charge in [-0.3, -0.25) is 4.99 Å². The maximum Gasteiger partial charge on any atom is 0.422 e. The fourth-order valence-corrected chi connectivity index (χ4v) is 2.55. The molecule has 0 amide bonds. The van der Waals surface area contributed by atoms with E-state index in [1.807, 2.05) is 18.2 Å². The van der Waals surface area contributed by atoms with Gasteiger partial charge in [0.1, 0.15) is 5.75 Å². The van der Waals surface area contributed by atoms with Gasteiger partial charge in [-0.05, 0) is 35.4 Å². The first-order valence-corrected chi connectivity index (χ1v) is 8.54. The predicted molar refractivity (Wildman–Crippen MR) is 113 cm³/mol. The second kappa shape index (κ2) is 10.4. The largest absolute Gasteiger partial charge is 0.484 e. The normalized spacial score (nSPS) is 12.9. The van der Waals surface area contributed by atoms with Crippen molar-refractivity contribution in [3.63, 3.8) is 0 Å². The van der Waals surface area contributed by atoms with Crippen LogP contribution in [0, 0.1) is 0 Å². The molecular formula is C19H21F3IN3O3. The first-order valence-electron chi connectivity index (χ1n) is 8.54. The lowest BCUT2D eigenvalue weighted by Crippen LogP contribution is -2.36. The molecule has 0 saturated carbocycles. The zero-order valence-electron chi connectivity index (χ0n) is 15.6. The van der Waals surface area contributed by atoms with E-state index in [0.717, 1.165) is 16.9 Å². The Labute approximate surface area is 183 Å². The average Bonchev–Trinajstić information content (AvgIpc) is 3.14. The standard InChI is InChI=1S/C19H20F3N3O3.HI/c1-23-18(25-10-14-5-6-16-17(8-14)28-12-27-16)24-9-13-3-2-4-15(7-13)26-11-19(20,21)22;/h2-8H,9-12H2,1H3,(H2,23,24,25);1H. The van der Waals surface area contributed by atoms with Gasteiger partial charge in [-0.1, -0.05) is 18.2 Å². The minimum absolute atomic E-state index is 0. The molecule has 2 aromatic rings. The van der Waals surface area contributed by atoms with Crippen LogP contribution in [0.15, 0.2) is 47.5 Å². The highest BCUT2D eigenvalue weighted by Crippen LogP contribution is 2.32. The van der Waals surface area contributed by atoms with Crippen LogP contribution in [0.25, 0.3) is 0 Å². The van der Waals surface area contributed by atoms with Crippen molar-refractivity contribution in [2.45, 2.75) is 19.3 Å². The van der Waals surface area contributed by atoms with Crippen LogP contribution in [-0.4, -0.2) is 32.6 Å². The maximum atomic E-state index is 12.3. The summed E-state index contributed by atoms with van der Waals surface area (Å²) in [5.74, 6) is 2.15. The molecule has 0 fully saturated rings. The molecule has 0 spiro atoms. The van der Waals surface area contributed by atoms with Gasteiger partial charge in [-0.15, -0.1) is 24.0 Å². The number of alkyl halides is 3. The Morgan fingerprint density at radius 2 is 1.72 bits per heavy atom. The summed E-state index contributed by atoms with van der Waals surface area (Å²) < 4.78 is 52.2. The fraction of sp³-hybridized carbons (Fsp3) is 0.316. The lowest BCUT2D eigenvalue weighted by Gasteiger charge is -2.13. The van der Waals surface area contributed by atoms with Gasteiger partial charge in [0.05, 0.1) is 0 Å². The number of hydrogen-bond donors (Lipinski definition) is 2. The van der Waals surface area contributed by atoms with E-state index in [-0.39, 0.29) is 36.5 Å². The SMILES string of the molecule is CN=C(NCc1cccc(OCC(F)(F)F)c1)NCc1ccc2c(c1)OCO2.I. The number of nitrogens with zero attached hydrogens (tertiary/aromatic N) is 1. The summed E-state index contributed by atoms with van der Waals surface area (Å²) >= 11 is 0. The van der Waals surface area contributed by atoms with Crippen molar-refractivity contribution >= 4 is 29.9 Å². The van der Waals surface area contributed by atoms with Gasteiger partial charge in [0.15, 0.2) is 24.1 Å². The van der Waals surface area contributed by atoms with E-state index in [4.69, 9.17) is 14.2 Å². The van der Waals surface area contributed by atoms with Gasteiger partial charge in [0.2, 0.25) is 6.79 Å². The van der Waals surface area contributed by atoms with Gasteiger partial charge in [-0.25, -0.2) is 0 Å². The summed E-state index contributed by atoms with van der Waals surface area (Å²) in [6.07, 6.45) is -4.37. The molecule has 0 atom stereocenters. The number of hydrogen-bond acceptors (Lipinski definition) is 4. The number of guanidine groups is 1. The van der Waals surface area contributed by atoms with Gasteiger partial charge in [0, 0.05) is 20.1 Å². The Balaban J connectivity index is 0.00000300. The molecule has 1 heterocycles. The molecule has 0 unspecified atom stereocenters. The summed E-state index contributed by atoms with van der Waals surface area (Å²) in [6.45, 7) is -0.196. The number of ether oxygens (including phenoxy) is 3. The number of fused-ring (bicyclic) bond motifs is 1. The second-order valence-corrected chi connectivity index (χ2v) is 6.02. The van der Waals surface area contributed by atoms with Crippen LogP contribution < -0.4 is 24.8 Å². The summed E-state index contributed by atoms with van der Waals surface area (Å²) in [5.41, 5.74) is 1.76. The maximum absolute atomic E-state index is 12.3. The fourth-order valence-electron chi connectivity index (χ4n) is 2.55. The van der Waals surface area contributed by atoms with E-state index in [1.165, 1.54) is 6.07 Å². The predicted octanol–water partition coefficient (Wildman–Crippen LogP) is 3.84. The lowest BCUT2D eigenvalue weighted by molar-refractivity contribution is -0.153. The topological polar surface area (TPSA) is 64.1 Å². The Hall–Kier alpha value is -2.37. The van der Waals surface area contributed by atoms with Crippen LogP contribution in [0.1, 0.15) is 11.1 Å². The summed E-state index contributed by atoms with van der Waals surface area (Å²) in [5, 5.41) is 6.28. The molecule has 0 bridgehead atoms. The van der Waals surface area contributed by atoms with Gasteiger partial charge >= 0.3 is 6.18 Å². The summed E-state index contributed by atoms with van der Waals surface area (Å²) in [6, 6.07) is 12.2. The summed E-state index contributed by atoms with van der Waals surface area (Å²) in [4.78, 5) is 4.14. The number of aliphatic imine (C=N–C) groups is 1. The number of halogens is 4. The lowest BCUT2D eigenvalue weighted by atomic mass is 10.2. The van der Waals surface area contributed by atoms with Crippen molar-refractivity contribution in [1.82, 2.24) is 10.6 Å². The molecule has 10 heteroatoms. The molecule has 0 aliphatic carbocycles. The van der Waals surface area contributed by atoms with E-state index in [9.17, 15) is 13.2 Å². The number of nitrogens with one attached hydrogen (secondary N) is 2. The van der Waals surface area contributed by atoms with Crippen LogP contribution in [0.5, 0.6) is 17.2 Å². The van der Waals surface area contributed by atoms with Crippen molar-refractivity contribution in [1.29, 1.82) is 0 Å². The molecule has 2 aromatic carbocycles. The van der Waals surface area contributed by atoms with Crippen molar-refractivity contribution in [3.05, 3.63) is 53.6 Å². The zero-order chi connectivity index (χ0) is 20.0. The quantitative estimate of drug-likeness (QED) is 0.343. The van der Waals surface area contributed by atoms with Gasteiger partial charge in [-0.2, -0.15) is 13.2 Å². The molecule has 1 aliphatic heterocycles. The molecule has 3 rings (SSSR count). The van der Waals surface area contributed by atoms with E-state index < -0.39 is 12.8 Å². The zero-order valence-corrected chi connectivity index (χ0v) is 17.9. The molecule has 1 aliphatic rings. The van der Waals surface area contributed by atoms with E-state index in [1.54, 1.807) is 25.2 Å². The Morgan fingerprint density at radius 3 is 2.41 bits per heavy atom. The molecule has 0 saturated heterocycles. The average molecular weight is 523 g/mol. The van der Waals surface area contributed by atoms with Crippen LogP contribution in [0.2, 0.25) is 0 Å². The minimum Gasteiger partial charge on any atom is -0.484 e. The van der Waals surface area contributed by atoms with Crippen molar-refractivity contribution in [2.75, 3.05) is 20.4 Å². The Bertz CT molecular complexity index is 847. The third kappa shape index (κ3) is 7.18. The van der Waals surface area contributed by atoms with Gasteiger partial charge in [0.25, 0.3) is 0 Å². The van der Waals surface area contributed by atoms with E-state index in [2.05, 4.69) is 15.6 Å². The molecule has 2 N–H and O–H groups in total. The molecule has 0 aromatic heterocycles. The van der Waals surface area contributed by atoms with Crippen LogP contribution in [0.3, 0.4) is 0 Å². The minimum atomic E-state index is -4.37. The van der Waals surface area contributed by atoms with E-state index in [0.29, 0.717) is 24.8 Å². The van der Waals surface area contributed by atoms with Crippen molar-refractivity contribution in [2.24, 2.45) is 4.99 Å². The smallest absolute Gasteiger partial charge is 0.422 e. The highest BCUT2D eigenvalue weighted by Gasteiger charge is 2.28. The number of rotatable bonds is 6. The molecule has 158 valence electrons. The Morgan fingerprint density at radius 1 is 1.03 bits per heavy atom. The van der Waals surface area contributed by atoms with Crippen molar-refractivity contribution in [3.8, 4) is 17.2 Å². The monoisotopic (exact) mass is 523 g/mol. The first-order chi connectivity index (χ1) is 13.4. The first kappa shape index (κ1) is 22.9. The molecule has 0 radical (unpaired) electrons. The third-order valence-corrected chi connectivity index (χ3v) is 3.88. The molecule has 6 nitrogen and oxygen atoms in total. The highest BCUT2D eigenvalue weighted by atomic mass is 127. The molecule has 29 heavy (non-hydrogen) atoms. The van der Waals surface area contributed by atoms with Crippen LogP contribution in [-0.2, 0) is 13.1 Å². The summed E-state index contributed by atoms with van der Waals surface area (Å²) in [7, 11) is 1.64. The second-order valence-electron chi connectivity index (χ2n) is 6.02.